The molecule has 2 atom stereocenters. The lowest BCUT2D eigenvalue weighted by atomic mass is 10.0. The maximum absolute atomic E-state index is 12.5. The van der Waals surface area contributed by atoms with Crippen LogP contribution in [-0.2, 0) is 30.9 Å². The van der Waals surface area contributed by atoms with Gasteiger partial charge in [-0.05, 0) is 16.0 Å². The highest BCUT2D eigenvalue weighted by Gasteiger charge is 2.52. The maximum Gasteiger partial charge on any atom is 0.355 e. The molecule has 2 aliphatic heterocycles. The van der Waals surface area contributed by atoms with E-state index in [4.69, 9.17) is 10.5 Å². The van der Waals surface area contributed by atoms with E-state index in [9.17, 15) is 14.4 Å². The van der Waals surface area contributed by atoms with Crippen LogP contribution < -0.4 is 5.73 Å². The lowest BCUT2D eigenvalue weighted by Crippen LogP contribution is -2.68. The zero-order valence-electron chi connectivity index (χ0n) is 13.9. The number of carbonyl (C=O) groups is 3. The first kappa shape index (κ1) is 18.7. The van der Waals surface area contributed by atoms with Crippen molar-refractivity contribution in [1.29, 1.82) is 0 Å². The van der Waals surface area contributed by atoms with Gasteiger partial charge in [-0.3, -0.25) is 9.69 Å². The quantitative estimate of drug-likeness (QED) is 0.339. The number of methoxy groups -OCH3 is 1. The second-order valence-electron chi connectivity index (χ2n) is 5.41. The van der Waals surface area contributed by atoms with Crippen LogP contribution in [0.4, 0.5) is 0 Å². The Kier molecular flexibility index (Phi) is 5.48. The summed E-state index contributed by atoms with van der Waals surface area (Å²) >= 11 is 2.80. The molecular formula is C13H16N6O5S2. The number of carbonyl (C=O) groups excluding carboxylic acids is 3. The summed E-state index contributed by atoms with van der Waals surface area (Å²) in [5.41, 5.74) is 6.62. The zero-order valence-corrected chi connectivity index (χ0v) is 15.6. The van der Waals surface area contributed by atoms with E-state index in [2.05, 4.69) is 20.3 Å². The first-order valence-electron chi connectivity index (χ1n) is 7.45. The molecule has 0 saturated carbocycles. The molecule has 140 valence electrons. The number of fused-ring (bicyclic) bond motifs is 1. The van der Waals surface area contributed by atoms with Crippen LogP contribution in [0.2, 0.25) is 0 Å². The Morgan fingerprint density at radius 3 is 2.88 bits per heavy atom. The van der Waals surface area contributed by atoms with Gasteiger partial charge < -0.3 is 15.2 Å². The van der Waals surface area contributed by atoms with Gasteiger partial charge in [0.15, 0.2) is 6.61 Å². The molecule has 3 heterocycles. The third-order valence-corrected chi connectivity index (χ3v) is 6.24. The minimum Gasteiger partial charge on any atom is -0.466 e. The summed E-state index contributed by atoms with van der Waals surface area (Å²) in [5.74, 6) is -0.908. The fraction of sp³-hybridized carbons (Fsp3) is 0.538. The van der Waals surface area contributed by atoms with E-state index >= 15 is 0 Å². The lowest BCUT2D eigenvalue weighted by Gasteiger charge is -2.48. The van der Waals surface area contributed by atoms with Crippen LogP contribution in [0, 0.1) is 0 Å². The van der Waals surface area contributed by atoms with Crippen LogP contribution in [0.1, 0.15) is 0 Å². The van der Waals surface area contributed by atoms with Gasteiger partial charge in [0.25, 0.3) is 0 Å². The molecule has 2 aliphatic rings. The number of hydrogen-bond donors (Lipinski definition) is 1. The normalized spacial score (nSPS) is 22.0. The third kappa shape index (κ3) is 3.41. The average Bonchev–Trinajstić information content (AvgIpc) is 3.07. The Bertz CT molecular complexity index is 781. The second kappa shape index (κ2) is 7.63. The van der Waals surface area contributed by atoms with Crippen molar-refractivity contribution < 1.29 is 23.9 Å². The summed E-state index contributed by atoms with van der Waals surface area (Å²) in [6, 6.07) is -0.652. The number of ether oxygens (including phenoxy) is 2. The fourth-order valence-corrected chi connectivity index (χ4v) is 4.71. The Morgan fingerprint density at radius 1 is 1.46 bits per heavy atom. The first-order valence-corrected chi connectivity index (χ1v) is 9.48. The van der Waals surface area contributed by atoms with E-state index in [1.165, 1.54) is 40.2 Å². The van der Waals surface area contributed by atoms with Gasteiger partial charge in [0.05, 0.1) is 7.11 Å². The summed E-state index contributed by atoms with van der Waals surface area (Å²) < 4.78 is 11.0. The van der Waals surface area contributed by atoms with E-state index in [1.807, 2.05) is 0 Å². The van der Waals surface area contributed by atoms with Crippen molar-refractivity contribution in [3.8, 4) is 0 Å². The molecule has 1 unspecified atom stereocenters. The molecule has 0 aromatic carbocycles. The summed E-state index contributed by atoms with van der Waals surface area (Å²) in [6.45, 7) is -0.529. The van der Waals surface area contributed by atoms with Crippen LogP contribution in [0.5, 0.6) is 0 Å². The molecule has 1 aromatic heterocycles. The van der Waals surface area contributed by atoms with Crippen molar-refractivity contribution in [2.45, 2.75) is 16.6 Å². The number of hydrogen-bond acceptors (Lipinski definition) is 11. The Balaban J connectivity index is 1.81. The third-order valence-electron chi connectivity index (χ3n) is 3.79. The second-order valence-corrected chi connectivity index (χ2v) is 7.46. The SMILES string of the molecule is COC(=O)COC(=O)C1=C(CSc2nnnn2C)CS[C@H]2C(N)C(=O)N12. The van der Waals surface area contributed by atoms with Gasteiger partial charge >= 0.3 is 11.9 Å². The van der Waals surface area contributed by atoms with Crippen molar-refractivity contribution in [3.63, 3.8) is 0 Å². The highest BCUT2D eigenvalue weighted by molar-refractivity contribution is 8.01. The molecule has 1 fully saturated rings. The van der Waals surface area contributed by atoms with Gasteiger partial charge in [0.1, 0.15) is 17.1 Å². The van der Waals surface area contributed by atoms with Crippen molar-refractivity contribution >= 4 is 41.4 Å². The average molecular weight is 400 g/mol. The highest BCUT2D eigenvalue weighted by Crippen LogP contribution is 2.40. The number of β-lactam (4-membered cyclic amide) rings is 1. The maximum atomic E-state index is 12.5. The summed E-state index contributed by atoms with van der Waals surface area (Å²) in [6.07, 6.45) is 0. The highest BCUT2D eigenvalue weighted by atomic mass is 32.2. The number of esters is 2. The van der Waals surface area contributed by atoms with Crippen LogP contribution >= 0.6 is 23.5 Å². The Morgan fingerprint density at radius 2 is 2.23 bits per heavy atom. The topological polar surface area (TPSA) is 143 Å². The molecule has 13 heteroatoms. The van der Waals surface area contributed by atoms with Gasteiger partial charge in [0, 0.05) is 18.6 Å². The summed E-state index contributed by atoms with van der Waals surface area (Å²) in [5, 5.41) is 11.4. The molecule has 0 spiro atoms. The minimum atomic E-state index is -0.757. The van der Waals surface area contributed by atoms with E-state index in [0.29, 0.717) is 22.2 Å². The number of tetrazole rings is 1. The molecule has 0 radical (unpaired) electrons. The molecule has 11 nitrogen and oxygen atoms in total. The van der Waals surface area contributed by atoms with Gasteiger partial charge in [-0.15, -0.1) is 16.9 Å². The van der Waals surface area contributed by atoms with Crippen molar-refractivity contribution in [2.24, 2.45) is 12.8 Å². The van der Waals surface area contributed by atoms with Gasteiger partial charge in [0.2, 0.25) is 11.1 Å². The van der Waals surface area contributed by atoms with E-state index in [0.717, 1.165) is 0 Å². The molecule has 1 amide bonds. The summed E-state index contributed by atoms with van der Waals surface area (Å²) in [4.78, 5) is 37.2. The predicted molar refractivity (Wildman–Crippen MR) is 90.6 cm³/mol. The molecule has 0 bridgehead atoms. The Labute approximate surface area is 156 Å². The number of amides is 1. The fourth-order valence-electron chi connectivity index (χ4n) is 2.43. The van der Waals surface area contributed by atoms with E-state index in [-0.39, 0.29) is 17.0 Å². The predicted octanol–water partition coefficient (Wildman–Crippen LogP) is -1.49. The largest absolute Gasteiger partial charge is 0.466 e. The van der Waals surface area contributed by atoms with Gasteiger partial charge in [-0.2, -0.15) is 0 Å². The standard InChI is InChI=1S/C13H16N6O5S2/c1-18-13(15-16-17-18)26-5-6-4-25-11-8(14)10(21)19(11)9(6)12(22)24-3-7(20)23-2/h8,11H,3-5,14H2,1-2H3/t8?,11-/m0/s1. The number of aromatic nitrogens is 4. The molecule has 1 saturated heterocycles. The molecule has 2 N–H and O–H groups in total. The molecular weight excluding hydrogens is 384 g/mol. The Hall–Kier alpha value is -2.12. The van der Waals surface area contributed by atoms with E-state index in [1.54, 1.807) is 7.05 Å². The number of nitrogens with two attached hydrogens (primary N) is 1. The lowest BCUT2D eigenvalue weighted by molar-refractivity contribution is -0.158. The smallest absolute Gasteiger partial charge is 0.355 e. The first-order chi connectivity index (χ1) is 12.4. The van der Waals surface area contributed by atoms with Crippen LogP contribution in [0.3, 0.4) is 0 Å². The van der Waals surface area contributed by atoms with Crippen LogP contribution in [0.15, 0.2) is 16.4 Å². The monoisotopic (exact) mass is 400 g/mol. The zero-order chi connectivity index (χ0) is 18.8. The number of nitrogens with zero attached hydrogens (tertiary/aromatic N) is 5. The van der Waals surface area contributed by atoms with Crippen molar-refractivity contribution in [1.82, 2.24) is 25.1 Å². The molecule has 0 aliphatic carbocycles. The van der Waals surface area contributed by atoms with Crippen molar-refractivity contribution in [2.75, 3.05) is 25.2 Å². The van der Waals surface area contributed by atoms with Gasteiger partial charge in [-0.25, -0.2) is 14.3 Å². The summed E-state index contributed by atoms with van der Waals surface area (Å²) in [7, 11) is 2.89. The number of rotatable bonds is 6. The van der Waals surface area contributed by atoms with Crippen LogP contribution in [-0.4, -0.2) is 79.6 Å². The van der Waals surface area contributed by atoms with Crippen LogP contribution in [0.25, 0.3) is 0 Å². The number of thioether (sulfide) groups is 2. The minimum absolute atomic E-state index is 0.131. The van der Waals surface area contributed by atoms with Gasteiger partial charge in [-0.1, -0.05) is 11.8 Å². The molecule has 26 heavy (non-hydrogen) atoms. The molecule has 1 aromatic rings. The van der Waals surface area contributed by atoms with E-state index < -0.39 is 24.6 Å². The number of aryl methyl sites for hydroxylation is 1. The van der Waals surface area contributed by atoms with Crippen molar-refractivity contribution in [3.05, 3.63) is 11.3 Å². The molecule has 3 rings (SSSR count).